The first-order valence-electron chi connectivity index (χ1n) is 14.9. The second-order valence-corrected chi connectivity index (χ2v) is 10.3. The molecule has 6 heteroatoms. The van der Waals surface area contributed by atoms with Crippen molar-refractivity contribution < 1.29 is 19.5 Å². The van der Waals surface area contributed by atoms with Gasteiger partial charge in [-0.05, 0) is 12.0 Å². The minimum Gasteiger partial charge on any atom is -0.481 e. The average Bonchev–Trinajstić information content (AvgIpc) is 2.89. The molecule has 3 N–H and O–H groups in total. The molecule has 0 spiro atoms. The Morgan fingerprint density at radius 1 is 0.703 bits per heavy atom. The third kappa shape index (κ3) is 19.4. The Kier molecular flexibility index (Phi) is 20.1. The van der Waals surface area contributed by atoms with Crippen LogP contribution in [0.2, 0.25) is 0 Å². The lowest BCUT2D eigenvalue weighted by Gasteiger charge is -2.18. The summed E-state index contributed by atoms with van der Waals surface area (Å²) >= 11 is 0. The van der Waals surface area contributed by atoms with Crippen LogP contribution in [0.3, 0.4) is 0 Å². The Bertz CT molecular complexity index is 723. The van der Waals surface area contributed by atoms with Crippen molar-refractivity contribution in [2.24, 2.45) is 0 Å². The number of nitrogens with one attached hydrogen (secondary N) is 2. The lowest BCUT2D eigenvalue weighted by Crippen LogP contribution is -2.48. The van der Waals surface area contributed by atoms with Gasteiger partial charge in [-0.1, -0.05) is 134 Å². The van der Waals surface area contributed by atoms with Crippen LogP contribution in [0.1, 0.15) is 128 Å². The van der Waals surface area contributed by atoms with Gasteiger partial charge < -0.3 is 15.7 Å². The van der Waals surface area contributed by atoms with Gasteiger partial charge in [0.25, 0.3) is 0 Å². The van der Waals surface area contributed by atoms with Crippen LogP contribution >= 0.6 is 0 Å². The third-order valence-electron chi connectivity index (χ3n) is 6.83. The van der Waals surface area contributed by atoms with E-state index in [0.29, 0.717) is 13.0 Å². The molecular formula is C31H52N2O4. The van der Waals surface area contributed by atoms with E-state index in [9.17, 15) is 14.4 Å². The van der Waals surface area contributed by atoms with E-state index in [0.717, 1.165) is 18.4 Å². The van der Waals surface area contributed by atoms with Gasteiger partial charge in [0.2, 0.25) is 11.8 Å². The Balaban J connectivity index is 2.10. The predicted octanol–water partition coefficient (Wildman–Crippen LogP) is 6.96. The summed E-state index contributed by atoms with van der Waals surface area (Å²) in [5.41, 5.74) is 0.948. The smallest absolute Gasteiger partial charge is 0.303 e. The molecule has 0 bridgehead atoms. The normalized spacial score (nSPS) is 11.7. The molecule has 210 valence electrons. The van der Waals surface area contributed by atoms with E-state index in [1.807, 2.05) is 30.3 Å². The number of carboxylic acids is 1. The van der Waals surface area contributed by atoms with E-state index in [2.05, 4.69) is 17.6 Å². The highest BCUT2D eigenvalue weighted by Gasteiger charge is 2.21. The van der Waals surface area contributed by atoms with Crippen molar-refractivity contribution in [2.75, 3.05) is 6.54 Å². The van der Waals surface area contributed by atoms with Gasteiger partial charge in [-0.3, -0.25) is 14.4 Å². The third-order valence-corrected chi connectivity index (χ3v) is 6.83. The first-order valence-corrected chi connectivity index (χ1v) is 14.9. The predicted molar refractivity (Wildman–Crippen MR) is 152 cm³/mol. The van der Waals surface area contributed by atoms with Crippen molar-refractivity contribution in [1.29, 1.82) is 0 Å². The van der Waals surface area contributed by atoms with Crippen molar-refractivity contribution in [2.45, 2.75) is 135 Å². The van der Waals surface area contributed by atoms with Crippen LogP contribution in [0, 0.1) is 0 Å². The number of aliphatic carboxylic acids is 1. The summed E-state index contributed by atoms with van der Waals surface area (Å²) in [5.74, 6) is -1.66. The van der Waals surface area contributed by atoms with E-state index in [1.165, 1.54) is 89.9 Å². The minimum absolute atomic E-state index is 0.132. The van der Waals surface area contributed by atoms with Crippen LogP contribution in [0.15, 0.2) is 30.3 Å². The number of carbonyl (C=O) groups excluding carboxylic acids is 2. The lowest BCUT2D eigenvalue weighted by atomic mass is 10.0. The second kappa shape index (κ2) is 22.8. The molecule has 0 aliphatic carbocycles. The molecule has 0 saturated carbocycles. The van der Waals surface area contributed by atoms with E-state index in [-0.39, 0.29) is 18.7 Å². The van der Waals surface area contributed by atoms with Crippen LogP contribution in [-0.4, -0.2) is 35.5 Å². The Morgan fingerprint density at radius 3 is 1.68 bits per heavy atom. The standard InChI is InChI=1S/C31H52N2O4/c1-2-3-4-5-6-7-8-9-10-11-12-13-14-15-16-20-25-32-31(37)28(26-27-21-18-17-19-22-27)33-29(34)23-24-30(35)36/h17-19,21-22,28H,2-16,20,23-26H2,1H3,(H,32,37)(H,33,34)(H,35,36). The van der Waals surface area contributed by atoms with E-state index >= 15 is 0 Å². The van der Waals surface area contributed by atoms with Gasteiger partial charge in [0.1, 0.15) is 6.04 Å². The van der Waals surface area contributed by atoms with Crippen molar-refractivity contribution in [3.8, 4) is 0 Å². The summed E-state index contributed by atoms with van der Waals surface area (Å²) in [6.07, 6.45) is 21.0. The van der Waals surface area contributed by atoms with Gasteiger partial charge in [0.05, 0.1) is 6.42 Å². The molecule has 2 amide bonds. The molecule has 1 rings (SSSR count). The second-order valence-electron chi connectivity index (χ2n) is 10.3. The number of hydrogen-bond acceptors (Lipinski definition) is 3. The quantitative estimate of drug-likeness (QED) is 0.129. The van der Waals surface area contributed by atoms with Crippen molar-refractivity contribution in [3.05, 3.63) is 35.9 Å². The number of amides is 2. The first-order chi connectivity index (χ1) is 18.0. The topological polar surface area (TPSA) is 95.5 Å². The number of carboxylic acid groups (broad SMARTS) is 1. The maximum Gasteiger partial charge on any atom is 0.303 e. The lowest BCUT2D eigenvalue weighted by molar-refractivity contribution is -0.139. The van der Waals surface area contributed by atoms with Gasteiger partial charge in [0.15, 0.2) is 0 Å². The van der Waals surface area contributed by atoms with Crippen molar-refractivity contribution in [1.82, 2.24) is 10.6 Å². The summed E-state index contributed by atoms with van der Waals surface area (Å²) in [4.78, 5) is 35.6. The average molecular weight is 517 g/mol. The fourth-order valence-electron chi connectivity index (χ4n) is 4.55. The largest absolute Gasteiger partial charge is 0.481 e. The molecule has 37 heavy (non-hydrogen) atoms. The zero-order chi connectivity index (χ0) is 27.0. The molecule has 0 aliphatic rings. The molecule has 0 saturated heterocycles. The zero-order valence-electron chi connectivity index (χ0n) is 23.3. The first kappa shape index (κ1) is 32.7. The molecular weight excluding hydrogens is 464 g/mol. The zero-order valence-corrected chi connectivity index (χ0v) is 23.3. The van der Waals surface area contributed by atoms with E-state index in [1.54, 1.807) is 0 Å². The van der Waals surface area contributed by atoms with Crippen LogP contribution in [0.4, 0.5) is 0 Å². The maximum absolute atomic E-state index is 12.7. The van der Waals surface area contributed by atoms with Crippen LogP contribution in [0.25, 0.3) is 0 Å². The number of unbranched alkanes of at least 4 members (excludes halogenated alkanes) is 15. The SMILES string of the molecule is CCCCCCCCCCCCCCCCCCNC(=O)C(Cc1ccccc1)NC(=O)CCC(=O)O. The molecule has 6 nitrogen and oxygen atoms in total. The summed E-state index contributed by atoms with van der Waals surface area (Å²) in [6, 6.07) is 8.82. The summed E-state index contributed by atoms with van der Waals surface area (Å²) in [5, 5.41) is 14.5. The van der Waals surface area contributed by atoms with Crippen molar-refractivity contribution >= 4 is 17.8 Å². The molecule has 0 aromatic heterocycles. The molecule has 0 heterocycles. The van der Waals surface area contributed by atoms with Crippen LogP contribution in [-0.2, 0) is 20.8 Å². The molecule has 1 unspecified atom stereocenters. The van der Waals surface area contributed by atoms with Gasteiger partial charge in [-0.25, -0.2) is 0 Å². The van der Waals surface area contributed by atoms with Gasteiger partial charge in [-0.15, -0.1) is 0 Å². The van der Waals surface area contributed by atoms with Crippen molar-refractivity contribution in [3.63, 3.8) is 0 Å². The molecule has 1 aromatic rings. The molecule has 1 aromatic carbocycles. The van der Waals surface area contributed by atoms with Crippen LogP contribution in [0.5, 0.6) is 0 Å². The Hall–Kier alpha value is -2.37. The highest BCUT2D eigenvalue weighted by molar-refractivity contribution is 5.88. The molecule has 1 atom stereocenters. The monoisotopic (exact) mass is 516 g/mol. The van der Waals surface area contributed by atoms with Gasteiger partial charge in [0, 0.05) is 19.4 Å². The number of rotatable bonds is 24. The number of benzene rings is 1. The Morgan fingerprint density at radius 2 is 1.19 bits per heavy atom. The summed E-state index contributed by atoms with van der Waals surface area (Å²) < 4.78 is 0. The molecule has 0 radical (unpaired) electrons. The Labute approximate surface area is 225 Å². The number of carbonyl (C=O) groups is 3. The van der Waals surface area contributed by atoms with Gasteiger partial charge >= 0.3 is 5.97 Å². The van der Waals surface area contributed by atoms with Gasteiger partial charge in [-0.2, -0.15) is 0 Å². The van der Waals surface area contributed by atoms with E-state index in [4.69, 9.17) is 5.11 Å². The fourth-order valence-corrected chi connectivity index (χ4v) is 4.55. The highest BCUT2D eigenvalue weighted by Crippen LogP contribution is 2.13. The van der Waals surface area contributed by atoms with E-state index < -0.39 is 17.9 Å². The maximum atomic E-state index is 12.7. The minimum atomic E-state index is -1.03. The fraction of sp³-hybridized carbons (Fsp3) is 0.710. The highest BCUT2D eigenvalue weighted by atomic mass is 16.4. The van der Waals surface area contributed by atoms with Crippen LogP contribution < -0.4 is 10.6 Å². The molecule has 0 aliphatic heterocycles. The number of hydrogen-bond donors (Lipinski definition) is 3. The summed E-state index contributed by atoms with van der Waals surface area (Å²) in [7, 11) is 0. The summed E-state index contributed by atoms with van der Waals surface area (Å²) in [6.45, 7) is 2.86. The molecule has 0 fully saturated rings.